The Morgan fingerprint density at radius 2 is 0.950 bits per heavy atom. The van der Waals surface area contributed by atoms with Crippen molar-refractivity contribution >= 4 is 33.5 Å². The van der Waals surface area contributed by atoms with Gasteiger partial charge in [-0.15, -0.1) is 0 Å². The Kier molecular flexibility index (Phi) is 2.27. The van der Waals surface area contributed by atoms with E-state index < -0.39 is 0 Å². The molecule has 1 aliphatic heterocycles. The van der Waals surface area contributed by atoms with Crippen LogP contribution in [-0.2, 0) is 0 Å². The van der Waals surface area contributed by atoms with Gasteiger partial charge in [0.15, 0.2) is 0 Å². The molecular formula is C18H16N2. The maximum atomic E-state index is 2.27. The highest BCUT2D eigenvalue weighted by molar-refractivity contribution is 6.00. The minimum absolute atomic E-state index is 1.25. The van der Waals surface area contributed by atoms with Crippen molar-refractivity contribution in [1.82, 2.24) is 0 Å². The summed E-state index contributed by atoms with van der Waals surface area (Å²) in [6.45, 7) is 0. The van der Waals surface area contributed by atoms with E-state index in [1.165, 1.54) is 33.5 Å². The number of benzene rings is 3. The topological polar surface area (TPSA) is 6.48 Å². The maximum absolute atomic E-state index is 2.27. The lowest BCUT2D eigenvalue weighted by atomic mass is 10.0. The van der Waals surface area contributed by atoms with Gasteiger partial charge < -0.3 is 9.80 Å². The Labute approximate surface area is 118 Å². The van der Waals surface area contributed by atoms with E-state index in [4.69, 9.17) is 0 Å². The zero-order valence-corrected chi connectivity index (χ0v) is 11.7. The van der Waals surface area contributed by atoms with Crippen LogP contribution in [0, 0.1) is 0 Å². The minimum atomic E-state index is 1.25. The third-order valence-corrected chi connectivity index (χ3v) is 4.17. The second-order valence-electron chi connectivity index (χ2n) is 5.29. The largest absolute Gasteiger partial charge is 0.341 e. The highest BCUT2D eigenvalue weighted by Gasteiger charge is 2.23. The normalized spacial score (nSPS) is 13.3. The first-order valence-corrected chi connectivity index (χ1v) is 6.85. The van der Waals surface area contributed by atoms with Crippen LogP contribution in [0.2, 0.25) is 0 Å². The number of fused-ring (bicyclic) bond motifs is 3. The Hall–Kier alpha value is -2.48. The Bertz CT molecular complexity index is 740. The van der Waals surface area contributed by atoms with Gasteiger partial charge in [0.25, 0.3) is 0 Å². The lowest BCUT2D eigenvalue weighted by Crippen LogP contribution is -2.24. The second kappa shape index (κ2) is 4.01. The van der Waals surface area contributed by atoms with Gasteiger partial charge in [-0.05, 0) is 35.0 Å². The van der Waals surface area contributed by atoms with Crippen LogP contribution in [0.4, 0.5) is 22.7 Å². The van der Waals surface area contributed by atoms with E-state index in [0.29, 0.717) is 0 Å². The summed E-state index contributed by atoms with van der Waals surface area (Å²) in [6.07, 6.45) is 0. The Balaban J connectivity index is 2.03. The fourth-order valence-electron chi connectivity index (χ4n) is 3.04. The zero-order valence-electron chi connectivity index (χ0n) is 11.7. The van der Waals surface area contributed by atoms with E-state index in [1.807, 2.05) is 0 Å². The van der Waals surface area contributed by atoms with Gasteiger partial charge in [0.05, 0.1) is 22.7 Å². The van der Waals surface area contributed by atoms with Crippen LogP contribution in [0.1, 0.15) is 0 Å². The van der Waals surface area contributed by atoms with Crippen LogP contribution in [-0.4, -0.2) is 14.1 Å². The van der Waals surface area contributed by atoms with Gasteiger partial charge in [-0.3, -0.25) is 0 Å². The number of para-hydroxylation sites is 2. The molecule has 0 amide bonds. The number of anilines is 4. The Morgan fingerprint density at radius 1 is 0.550 bits per heavy atom. The van der Waals surface area contributed by atoms with Gasteiger partial charge >= 0.3 is 0 Å². The molecule has 20 heavy (non-hydrogen) atoms. The molecule has 0 bridgehead atoms. The summed E-state index contributed by atoms with van der Waals surface area (Å²) in [7, 11) is 4.28. The molecule has 0 N–H and O–H groups in total. The smallest absolute Gasteiger partial charge is 0.0656 e. The first-order chi connectivity index (χ1) is 9.75. The number of hydrogen-bond donors (Lipinski definition) is 0. The standard InChI is InChI=1S/C18H16N2/c1-19-15-9-5-6-10-16(15)20(2)18-12-14-8-4-3-7-13(14)11-17(18)19/h3-12H,1-2H3. The van der Waals surface area contributed by atoms with Gasteiger partial charge in [-0.1, -0.05) is 36.4 Å². The molecule has 0 fully saturated rings. The summed E-state index contributed by atoms with van der Waals surface area (Å²) in [5.74, 6) is 0. The van der Waals surface area contributed by atoms with Crippen LogP contribution in [0.25, 0.3) is 10.8 Å². The quantitative estimate of drug-likeness (QED) is 0.578. The molecular weight excluding hydrogens is 244 g/mol. The monoisotopic (exact) mass is 260 g/mol. The van der Waals surface area contributed by atoms with Crippen LogP contribution < -0.4 is 9.80 Å². The van der Waals surface area contributed by atoms with Crippen molar-refractivity contribution < 1.29 is 0 Å². The van der Waals surface area contributed by atoms with Crippen molar-refractivity contribution in [1.29, 1.82) is 0 Å². The number of rotatable bonds is 0. The van der Waals surface area contributed by atoms with Gasteiger partial charge in [0.1, 0.15) is 0 Å². The molecule has 4 rings (SSSR count). The molecule has 0 spiro atoms. The first kappa shape index (κ1) is 11.4. The molecule has 2 nitrogen and oxygen atoms in total. The molecule has 0 atom stereocenters. The lowest BCUT2D eigenvalue weighted by molar-refractivity contribution is 1.10. The van der Waals surface area contributed by atoms with E-state index in [-0.39, 0.29) is 0 Å². The van der Waals surface area contributed by atoms with Crippen LogP contribution in [0.15, 0.2) is 60.7 Å². The molecule has 0 aromatic heterocycles. The molecule has 1 heterocycles. The summed E-state index contributed by atoms with van der Waals surface area (Å²) in [5, 5.41) is 2.57. The number of hydrogen-bond acceptors (Lipinski definition) is 2. The SMILES string of the molecule is CN1c2ccccc2N(C)c2cc3ccccc3cc21. The predicted octanol–water partition coefficient (Wildman–Crippen LogP) is 4.69. The molecule has 0 unspecified atom stereocenters. The highest BCUT2D eigenvalue weighted by atomic mass is 15.2. The molecule has 1 aliphatic rings. The average Bonchev–Trinajstić information content (AvgIpc) is 2.51. The average molecular weight is 260 g/mol. The molecule has 3 aromatic rings. The highest BCUT2D eigenvalue weighted by Crippen LogP contribution is 2.47. The van der Waals surface area contributed by atoms with Crippen molar-refractivity contribution in [2.24, 2.45) is 0 Å². The third-order valence-electron chi connectivity index (χ3n) is 4.17. The zero-order chi connectivity index (χ0) is 13.7. The Morgan fingerprint density at radius 3 is 1.40 bits per heavy atom. The lowest BCUT2D eigenvalue weighted by Gasteiger charge is -2.36. The first-order valence-electron chi connectivity index (χ1n) is 6.85. The van der Waals surface area contributed by atoms with Crippen molar-refractivity contribution in [2.45, 2.75) is 0 Å². The fraction of sp³-hybridized carbons (Fsp3) is 0.111. The maximum Gasteiger partial charge on any atom is 0.0656 e. The van der Waals surface area contributed by atoms with E-state index in [2.05, 4.69) is 84.6 Å². The third kappa shape index (κ3) is 1.45. The summed E-state index contributed by atoms with van der Waals surface area (Å²) in [5.41, 5.74) is 5.00. The van der Waals surface area contributed by atoms with Crippen molar-refractivity contribution in [3.63, 3.8) is 0 Å². The van der Waals surface area contributed by atoms with E-state index >= 15 is 0 Å². The summed E-state index contributed by atoms with van der Waals surface area (Å²) in [4.78, 5) is 4.55. The summed E-state index contributed by atoms with van der Waals surface area (Å²) in [6, 6.07) is 21.6. The van der Waals surface area contributed by atoms with Gasteiger partial charge in [0.2, 0.25) is 0 Å². The van der Waals surface area contributed by atoms with Gasteiger partial charge in [-0.2, -0.15) is 0 Å². The van der Waals surface area contributed by atoms with Crippen molar-refractivity contribution in [2.75, 3.05) is 23.9 Å². The van der Waals surface area contributed by atoms with E-state index in [0.717, 1.165) is 0 Å². The molecule has 98 valence electrons. The van der Waals surface area contributed by atoms with Crippen molar-refractivity contribution in [3.05, 3.63) is 60.7 Å². The molecule has 0 saturated heterocycles. The minimum Gasteiger partial charge on any atom is -0.341 e. The van der Waals surface area contributed by atoms with Crippen LogP contribution in [0.5, 0.6) is 0 Å². The van der Waals surface area contributed by atoms with Crippen LogP contribution in [0.3, 0.4) is 0 Å². The summed E-state index contributed by atoms with van der Waals surface area (Å²) < 4.78 is 0. The van der Waals surface area contributed by atoms with Crippen LogP contribution >= 0.6 is 0 Å². The predicted molar refractivity (Wildman–Crippen MR) is 86.5 cm³/mol. The molecule has 2 heteroatoms. The van der Waals surface area contributed by atoms with E-state index in [1.54, 1.807) is 0 Å². The molecule has 0 saturated carbocycles. The number of nitrogens with zero attached hydrogens (tertiary/aromatic N) is 2. The van der Waals surface area contributed by atoms with Crippen molar-refractivity contribution in [3.8, 4) is 0 Å². The van der Waals surface area contributed by atoms with Gasteiger partial charge in [0, 0.05) is 14.1 Å². The molecule has 0 aliphatic carbocycles. The fourth-order valence-corrected chi connectivity index (χ4v) is 3.04. The van der Waals surface area contributed by atoms with Gasteiger partial charge in [-0.25, -0.2) is 0 Å². The summed E-state index contributed by atoms with van der Waals surface area (Å²) >= 11 is 0. The molecule has 3 aromatic carbocycles. The molecule has 0 radical (unpaired) electrons. The second-order valence-corrected chi connectivity index (χ2v) is 5.29. The van der Waals surface area contributed by atoms with E-state index in [9.17, 15) is 0 Å².